The fraction of sp³-hybridized carbons (Fsp3) is 0.458. The highest BCUT2D eigenvalue weighted by Crippen LogP contribution is 2.36. The van der Waals surface area contributed by atoms with Crippen LogP contribution < -0.4 is 4.90 Å². The van der Waals surface area contributed by atoms with Gasteiger partial charge in [-0.15, -0.1) is 0 Å². The smallest absolute Gasteiger partial charge is 0.407 e. The van der Waals surface area contributed by atoms with Gasteiger partial charge in [0.25, 0.3) is 0 Å². The van der Waals surface area contributed by atoms with Crippen LogP contribution in [0.1, 0.15) is 31.2 Å². The van der Waals surface area contributed by atoms with E-state index in [-0.39, 0.29) is 23.8 Å². The van der Waals surface area contributed by atoms with Gasteiger partial charge >= 0.3 is 6.09 Å². The number of aromatic nitrogens is 1. The average Bonchev–Trinajstić information content (AvgIpc) is 3.26. The van der Waals surface area contributed by atoms with E-state index < -0.39 is 6.09 Å². The summed E-state index contributed by atoms with van der Waals surface area (Å²) in [4.78, 5) is 35.2. The van der Waals surface area contributed by atoms with Crippen molar-refractivity contribution >= 4 is 52.6 Å². The second-order valence-corrected chi connectivity index (χ2v) is 10.0. The van der Waals surface area contributed by atoms with Gasteiger partial charge in [0, 0.05) is 50.8 Å². The highest BCUT2D eigenvalue weighted by atomic mass is 35.5. The maximum Gasteiger partial charge on any atom is 0.407 e. The Balaban J connectivity index is 1.48. The first-order valence-corrected chi connectivity index (χ1v) is 12.5. The summed E-state index contributed by atoms with van der Waals surface area (Å²) in [5.74, 6) is 0.666. The molecule has 2 aromatic rings. The Labute approximate surface area is 214 Å². The van der Waals surface area contributed by atoms with Crippen molar-refractivity contribution in [1.82, 2.24) is 14.8 Å². The first kappa shape index (κ1) is 24.9. The van der Waals surface area contributed by atoms with E-state index in [0.717, 1.165) is 37.3 Å². The number of rotatable bonds is 5. The van der Waals surface area contributed by atoms with Crippen LogP contribution in [0.2, 0.25) is 15.1 Å². The summed E-state index contributed by atoms with van der Waals surface area (Å²) in [6.07, 6.45) is 2.08. The Morgan fingerprint density at radius 1 is 1.09 bits per heavy atom. The van der Waals surface area contributed by atoms with E-state index in [1.807, 2.05) is 30.0 Å². The van der Waals surface area contributed by atoms with Crippen LogP contribution in [0.4, 0.5) is 10.6 Å². The van der Waals surface area contributed by atoms with Crippen molar-refractivity contribution in [2.24, 2.45) is 5.92 Å². The fourth-order valence-electron chi connectivity index (χ4n) is 5.03. The minimum atomic E-state index is -0.990. The van der Waals surface area contributed by atoms with Crippen LogP contribution in [0.3, 0.4) is 0 Å². The molecule has 2 amide bonds. The third-order valence-corrected chi connectivity index (χ3v) is 7.80. The van der Waals surface area contributed by atoms with Crippen molar-refractivity contribution in [2.75, 3.05) is 37.6 Å². The normalized spacial score (nSPS) is 21.1. The molecule has 2 aliphatic heterocycles. The molecule has 0 bridgehead atoms. The third kappa shape index (κ3) is 5.21. The molecule has 1 N–H and O–H groups in total. The zero-order valence-electron chi connectivity index (χ0n) is 18.8. The number of likely N-dealkylation sites (N-methyl/N-ethyl adjacent to an activating group) is 1. The van der Waals surface area contributed by atoms with Crippen molar-refractivity contribution in [3.05, 3.63) is 57.2 Å². The third-order valence-electron chi connectivity index (χ3n) is 6.84. The molecule has 0 spiro atoms. The van der Waals surface area contributed by atoms with Crippen LogP contribution in [0.5, 0.6) is 0 Å². The number of pyridine rings is 1. The molecule has 4 rings (SSSR count). The van der Waals surface area contributed by atoms with E-state index in [2.05, 4.69) is 9.88 Å². The zero-order chi connectivity index (χ0) is 24.4. The molecular weight excluding hydrogens is 499 g/mol. The molecule has 0 radical (unpaired) electrons. The number of benzene rings is 1. The summed E-state index contributed by atoms with van der Waals surface area (Å²) in [6, 6.07) is 8.73. The number of nitrogens with zero attached hydrogens (tertiary/aromatic N) is 4. The molecule has 0 aliphatic carbocycles. The van der Waals surface area contributed by atoms with Gasteiger partial charge in [0.1, 0.15) is 5.82 Å². The quantitative estimate of drug-likeness (QED) is 0.577. The number of amides is 2. The Hall–Kier alpha value is -2.22. The molecule has 0 unspecified atom stereocenters. The molecule has 0 saturated carbocycles. The first-order valence-electron chi connectivity index (χ1n) is 11.4. The van der Waals surface area contributed by atoms with Crippen molar-refractivity contribution in [3.8, 4) is 0 Å². The summed E-state index contributed by atoms with van der Waals surface area (Å²) in [7, 11) is 0. The van der Waals surface area contributed by atoms with Gasteiger partial charge in [0.2, 0.25) is 5.91 Å². The average molecular weight is 526 g/mol. The summed E-state index contributed by atoms with van der Waals surface area (Å²) in [5, 5.41) is 11.2. The summed E-state index contributed by atoms with van der Waals surface area (Å²) < 4.78 is 0. The maximum absolute atomic E-state index is 13.5. The SMILES string of the molecule is CCN(C(=O)O)[C@@H]1CN(C(=O)C2CCN(c3ccc(Cl)cn3)CC2)C[C@H]1c1ccc(Cl)c(Cl)c1. The molecule has 3 heterocycles. The molecule has 10 heteroatoms. The van der Waals surface area contributed by atoms with Crippen LogP contribution in [0, 0.1) is 5.92 Å². The molecule has 182 valence electrons. The van der Waals surface area contributed by atoms with Gasteiger partial charge in [0.15, 0.2) is 0 Å². The molecule has 2 atom stereocenters. The number of carboxylic acid groups (broad SMARTS) is 1. The number of carbonyl (C=O) groups excluding carboxylic acids is 1. The maximum atomic E-state index is 13.5. The molecule has 34 heavy (non-hydrogen) atoms. The highest BCUT2D eigenvalue weighted by Gasteiger charge is 2.42. The highest BCUT2D eigenvalue weighted by molar-refractivity contribution is 6.42. The molecular formula is C24H27Cl3N4O3. The Morgan fingerprint density at radius 3 is 2.41 bits per heavy atom. The Kier molecular flexibility index (Phi) is 7.75. The van der Waals surface area contributed by atoms with Crippen LogP contribution in [0.15, 0.2) is 36.5 Å². The van der Waals surface area contributed by atoms with E-state index in [9.17, 15) is 14.7 Å². The van der Waals surface area contributed by atoms with Gasteiger partial charge < -0.3 is 19.8 Å². The summed E-state index contributed by atoms with van der Waals surface area (Å²) in [5.41, 5.74) is 0.887. The number of carbonyl (C=O) groups is 2. The van der Waals surface area contributed by atoms with Crippen molar-refractivity contribution in [3.63, 3.8) is 0 Å². The van der Waals surface area contributed by atoms with Crippen LogP contribution in [-0.2, 0) is 4.79 Å². The van der Waals surface area contributed by atoms with Gasteiger partial charge in [-0.2, -0.15) is 0 Å². The predicted octanol–water partition coefficient (Wildman–Crippen LogP) is 5.25. The lowest BCUT2D eigenvalue weighted by Gasteiger charge is -2.34. The first-order chi connectivity index (χ1) is 16.3. The largest absolute Gasteiger partial charge is 0.465 e. The van der Waals surface area contributed by atoms with Crippen LogP contribution in [-0.4, -0.2) is 70.7 Å². The Morgan fingerprint density at radius 2 is 1.82 bits per heavy atom. The van der Waals surface area contributed by atoms with E-state index in [1.54, 1.807) is 18.3 Å². The summed E-state index contributed by atoms with van der Waals surface area (Å²) in [6.45, 7) is 4.42. The fourth-order valence-corrected chi connectivity index (χ4v) is 5.45. The topological polar surface area (TPSA) is 77.0 Å². The predicted molar refractivity (Wildman–Crippen MR) is 134 cm³/mol. The minimum absolute atomic E-state index is 0.0812. The second-order valence-electron chi connectivity index (χ2n) is 8.76. The number of likely N-dealkylation sites (tertiary alicyclic amines) is 1. The van der Waals surface area contributed by atoms with Crippen molar-refractivity contribution < 1.29 is 14.7 Å². The molecule has 2 saturated heterocycles. The number of piperidine rings is 1. The van der Waals surface area contributed by atoms with Crippen molar-refractivity contribution in [1.29, 1.82) is 0 Å². The van der Waals surface area contributed by atoms with E-state index in [0.29, 0.717) is 34.7 Å². The number of anilines is 1. The lowest BCUT2D eigenvalue weighted by atomic mass is 9.93. The van der Waals surface area contributed by atoms with E-state index in [4.69, 9.17) is 34.8 Å². The van der Waals surface area contributed by atoms with E-state index in [1.165, 1.54) is 4.90 Å². The standard InChI is InChI=1S/C24H27Cl3N4O3/c1-2-31(24(33)34)21-14-30(13-18(21)16-3-5-19(26)20(27)11-16)23(32)15-7-9-29(10-8-15)22-6-4-17(25)12-28-22/h3-6,11-12,15,18,21H,2,7-10,13-14H2,1H3,(H,33,34)/t18-,21+/m0/s1. The van der Waals surface area contributed by atoms with Gasteiger partial charge in [-0.25, -0.2) is 9.78 Å². The van der Waals surface area contributed by atoms with E-state index >= 15 is 0 Å². The second kappa shape index (κ2) is 10.6. The van der Waals surface area contributed by atoms with Crippen LogP contribution in [0.25, 0.3) is 0 Å². The molecule has 2 aliphatic rings. The number of halogens is 3. The van der Waals surface area contributed by atoms with Crippen molar-refractivity contribution in [2.45, 2.75) is 31.7 Å². The molecule has 7 nitrogen and oxygen atoms in total. The lowest BCUT2D eigenvalue weighted by molar-refractivity contribution is -0.135. The molecule has 1 aromatic heterocycles. The monoisotopic (exact) mass is 524 g/mol. The van der Waals surface area contributed by atoms with Crippen LogP contribution >= 0.6 is 34.8 Å². The Bertz CT molecular complexity index is 1040. The van der Waals surface area contributed by atoms with Gasteiger partial charge in [-0.05, 0) is 49.6 Å². The summed E-state index contributed by atoms with van der Waals surface area (Å²) >= 11 is 18.3. The minimum Gasteiger partial charge on any atom is -0.465 e. The van der Waals surface area contributed by atoms with Gasteiger partial charge in [-0.1, -0.05) is 40.9 Å². The zero-order valence-corrected chi connectivity index (χ0v) is 21.1. The molecule has 2 fully saturated rings. The number of hydrogen-bond donors (Lipinski definition) is 1. The van der Waals surface area contributed by atoms with Gasteiger partial charge in [-0.3, -0.25) is 4.79 Å². The lowest BCUT2D eigenvalue weighted by Crippen LogP contribution is -2.45. The number of hydrogen-bond acceptors (Lipinski definition) is 4. The van der Waals surface area contributed by atoms with Gasteiger partial charge in [0.05, 0.1) is 21.1 Å². The molecule has 1 aromatic carbocycles.